The third-order valence-electron chi connectivity index (χ3n) is 3.53. The fourth-order valence-electron chi connectivity index (χ4n) is 2.41. The molecule has 0 saturated heterocycles. The highest BCUT2D eigenvalue weighted by Gasteiger charge is 2.16. The van der Waals surface area contributed by atoms with Crippen molar-refractivity contribution >= 4 is 17.3 Å². The van der Waals surface area contributed by atoms with Gasteiger partial charge in [-0.15, -0.1) is 0 Å². The molecular weight excluding hydrogens is 314 g/mol. The van der Waals surface area contributed by atoms with Crippen LogP contribution in [0.3, 0.4) is 0 Å². The van der Waals surface area contributed by atoms with Crippen LogP contribution in [0.4, 0.5) is 5.69 Å². The molecule has 0 spiro atoms. The highest BCUT2D eigenvalue weighted by molar-refractivity contribution is 6.31. The molecular formula is C17H16ClN3O2. The van der Waals surface area contributed by atoms with Gasteiger partial charge in [-0.05, 0) is 35.9 Å². The summed E-state index contributed by atoms with van der Waals surface area (Å²) < 4.78 is 1.64. The summed E-state index contributed by atoms with van der Waals surface area (Å²) in [5.74, 6) is 0.0975. The molecule has 2 aromatic carbocycles. The van der Waals surface area contributed by atoms with E-state index in [4.69, 9.17) is 22.4 Å². The molecule has 0 unspecified atom stereocenters. The van der Waals surface area contributed by atoms with Crippen molar-refractivity contribution in [3.8, 4) is 28.1 Å². The first-order valence-electron chi connectivity index (χ1n) is 7.11. The molecule has 0 fully saturated rings. The molecule has 0 bridgehead atoms. The van der Waals surface area contributed by atoms with Crippen molar-refractivity contribution in [3.05, 3.63) is 53.7 Å². The molecule has 1 heterocycles. The molecule has 0 aliphatic carbocycles. The van der Waals surface area contributed by atoms with Crippen LogP contribution in [0.1, 0.15) is 0 Å². The molecule has 0 aliphatic heterocycles. The normalized spacial score (nSPS) is 10.9. The van der Waals surface area contributed by atoms with Crippen LogP contribution in [-0.2, 0) is 6.54 Å². The number of aromatic hydroxyl groups is 1. The Kier molecular flexibility index (Phi) is 4.23. The lowest BCUT2D eigenvalue weighted by atomic mass is 10.0. The van der Waals surface area contributed by atoms with Gasteiger partial charge >= 0.3 is 0 Å². The Labute approximate surface area is 138 Å². The molecule has 3 rings (SSSR count). The maximum atomic E-state index is 10.2. The average molecular weight is 330 g/mol. The summed E-state index contributed by atoms with van der Waals surface area (Å²) in [7, 11) is 0. The minimum absolute atomic E-state index is 0.0240. The number of aliphatic hydroxyl groups is 1. The maximum absolute atomic E-state index is 10.2. The number of aromatic nitrogens is 2. The highest BCUT2D eigenvalue weighted by atomic mass is 35.5. The molecule has 0 radical (unpaired) electrons. The van der Waals surface area contributed by atoms with E-state index in [1.807, 2.05) is 18.3 Å². The Morgan fingerprint density at radius 3 is 2.52 bits per heavy atom. The average Bonchev–Trinajstić information content (AvgIpc) is 2.94. The molecule has 5 nitrogen and oxygen atoms in total. The molecule has 0 saturated carbocycles. The van der Waals surface area contributed by atoms with E-state index in [0.717, 1.165) is 11.1 Å². The van der Waals surface area contributed by atoms with E-state index < -0.39 is 0 Å². The van der Waals surface area contributed by atoms with E-state index in [1.165, 1.54) is 6.07 Å². The van der Waals surface area contributed by atoms with Crippen molar-refractivity contribution in [1.82, 2.24) is 9.78 Å². The Balaban J connectivity index is 2.18. The van der Waals surface area contributed by atoms with Crippen LogP contribution in [0.15, 0.2) is 48.7 Å². The van der Waals surface area contributed by atoms with E-state index in [1.54, 1.807) is 28.9 Å². The fraction of sp³-hybridized carbons (Fsp3) is 0.118. The fourth-order valence-corrected chi connectivity index (χ4v) is 2.58. The minimum Gasteiger partial charge on any atom is -0.507 e. The van der Waals surface area contributed by atoms with Gasteiger partial charge in [0.2, 0.25) is 0 Å². The topological polar surface area (TPSA) is 84.3 Å². The molecule has 0 amide bonds. The van der Waals surface area contributed by atoms with Crippen molar-refractivity contribution in [2.24, 2.45) is 0 Å². The molecule has 1 aromatic heterocycles. The van der Waals surface area contributed by atoms with E-state index in [2.05, 4.69) is 5.10 Å². The van der Waals surface area contributed by atoms with Gasteiger partial charge in [-0.25, -0.2) is 0 Å². The van der Waals surface area contributed by atoms with Crippen LogP contribution in [0, 0.1) is 0 Å². The zero-order valence-electron chi connectivity index (χ0n) is 12.3. The molecule has 0 aliphatic rings. The van der Waals surface area contributed by atoms with E-state index in [-0.39, 0.29) is 12.4 Å². The van der Waals surface area contributed by atoms with E-state index >= 15 is 0 Å². The summed E-state index contributed by atoms with van der Waals surface area (Å²) in [4.78, 5) is 0. The molecule has 3 aromatic rings. The summed E-state index contributed by atoms with van der Waals surface area (Å²) >= 11 is 6.05. The number of anilines is 1. The van der Waals surface area contributed by atoms with E-state index in [9.17, 15) is 5.11 Å². The lowest BCUT2D eigenvalue weighted by Crippen LogP contribution is -2.02. The molecule has 23 heavy (non-hydrogen) atoms. The van der Waals surface area contributed by atoms with Gasteiger partial charge in [0.15, 0.2) is 0 Å². The first-order valence-corrected chi connectivity index (χ1v) is 7.49. The number of phenolic OH excluding ortho intramolecular Hbond substituents is 1. The number of nitrogen functional groups attached to an aromatic ring is 1. The van der Waals surface area contributed by atoms with Gasteiger partial charge in [-0.3, -0.25) is 4.68 Å². The number of halogens is 1. The van der Waals surface area contributed by atoms with Crippen molar-refractivity contribution in [2.45, 2.75) is 6.54 Å². The number of nitrogens with zero attached hydrogens (tertiary/aromatic N) is 2. The Hall–Kier alpha value is -2.50. The zero-order valence-corrected chi connectivity index (χ0v) is 13.0. The number of hydrogen-bond donors (Lipinski definition) is 3. The lowest BCUT2D eigenvalue weighted by Gasteiger charge is -2.06. The number of nitrogens with two attached hydrogens (primary N) is 1. The van der Waals surface area contributed by atoms with Crippen LogP contribution in [0.5, 0.6) is 5.75 Å². The van der Waals surface area contributed by atoms with Crippen molar-refractivity contribution in [2.75, 3.05) is 12.3 Å². The third-order valence-corrected chi connectivity index (χ3v) is 3.76. The van der Waals surface area contributed by atoms with Gasteiger partial charge in [-0.1, -0.05) is 23.7 Å². The zero-order chi connectivity index (χ0) is 16.4. The molecule has 0 atom stereocenters. The minimum atomic E-state index is -0.0240. The second-order valence-electron chi connectivity index (χ2n) is 5.16. The predicted octanol–water partition coefficient (Wildman–Crippen LogP) is 3.15. The van der Waals surface area contributed by atoms with Gasteiger partial charge in [0, 0.05) is 28.0 Å². The van der Waals surface area contributed by atoms with Crippen molar-refractivity contribution < 1.29 is 10.2 Å². The monoisotopic (exact) mass is 329 g/mol. The number of phenols is 1. The first-order chi connectivity index (χ1) is 11.1. The van der Waals surface area contributed by atoms with Gasteiger partial charge in [0.25, 0.3) is 0 Å². The maximum Gasteiger partial charge on any atom is 0.125 e. The van der Waals surface area contributed by atoms with Gasteiger partial charge in [0.1, 0.15) is 11.4 Å². The SMILES string of the molecule is Nc1ccc(-c2cn(CCO)nc2-c2cc(Cl)ccc2O)cc1. The second kappa shape index (κ2) is 6.32. The number of hydrogen-bond acceptors (Lipinski definition) is 4. The van der Waals surface area contributed by atoms with Crippen LogP contribution in [0.25, 0.3) is 22.4 Å². The van der Waals surface area contributed by atoms with Crippen LogP contribution in [0.2, 0.25) is 5.02 Å². The smallest absolute Gasteiger partial charge is 0.125 e. The Morgan fingerprint density at radius 2 is 1.83 bits per heavy atom. The summed E-state index contributed by atoms with van der Waals surface area (Å²) in [6.07, 6.45) is 1.83. The van der Waals surface area contributed by atoms with Crippen LogP contribution < -0.4 is 5.73 Å². The van der Waals surface area contributed by atoms with Gasteiger partial charge in [0.05, 0.1) is 13.2 Å². The Bertz CT molecular complexity index is 828. The number of benzene rings is 2. The summed E-state index contributed by atoms with van der Waals surface area (Å²) in [6.45, 7) is 0.340. The number of aliphatic hydroxyl groups excluding tert-OH is 1. The summed E-state index contributed by atoms with van der Waals surface area (Å²) in [6, 6.07) is 12.2. The largest absolute Gasteiger partial charge is 0.507 e. The Morgan fingerprint density at radius 1 is 1.09 bits per heavy atom. The van der Waals surface area contributed by atoms with Crippen LogP contribution >= 0.6 is 11.6 Å². The summed E-state index contributed by atoms with van der Waals surface area (Å²) in [5.41, 5.74) is 9.30. The third kappa shape index (κ3) is 3.16. The van der Waals surface area contributed by atoms with Gasteiger partial charge in [-0.2, -0.15) is 5.10 Å². The quantitative estimate of drug-likeness (QED) is 0.642. The van der Waals surface area contributed by atoms with Crippen molar-refractivity contribution in [3.63, 3.8) is 0 Å². The second-order valence-corrected chi connectivity index (χ2v) is 5.60. The van der Waals surface area contributed by atoms with E-state index in [0.29, 0.717) is 28.5 Å². The van der Waals surface area contributed by atoms with Crippen LogP contribution in [-0.4, -0.2) is 26.6 Å². The lowest BCUT2D eigenvalue weighted by molar-refractivity contribution is 0.269. The molecule has 6 heteroatoms. The highest BCUT2D eigenvalue weighted by Crippen LogP contribution is 2.37. The number of rotatable bonds is 4. The standard InChI is InChI=1S/C17H16ClN3O2/c18-12-3-6-16(23)14(9-12)17-15(10-21(20-17)7-8-22)11-1-4-13(19)5-2-11/h1-6,9-10,22-23H,7-8,19H2. The molecule has 118 valence electrons. The summed E-state index contributed by atoms with van der Waals surface area (Å²) in [5, 5.41) is 24.3. The van der Waals surface area contributed by atoms with Crippen molar-refractivity contribution in [1.29, 1.82) is 0 Å². The van der Waals surface area contributed by atoms with Gasteiger partial charge < -0.3 is 15.9 Å². The first kappa shape index (κ1) is 15.4. The molecule has 4 N–H and O–H groups in total. The predicted molar refractivity (Wildman–Crippen MR) is 91.3 cm³/mol.